The van der Waals surface area contributed by atoms with Crippen LogP contribution >= 0.6 is 0 Å². The molecule has 1 aromatic carbocycles. The van der Waals surface area contributed by atoms with Crippen molar-refractivity contribution in [2.24, 2.45) is 5.92 Å². The molecule has 3 rings (SSSR count). The molecule has 2 aromatic rings. The Morgan fingerprint density at radius 3 is 2.75 bits per heavy atom. The summed E-state index contributed by atoms with van der Waals surface area (Å²) in [6.45, 7) is 2.30. The third-order valence-electron chi connectivity index (χ3n) is 4.59. The fraction of sp³-hybridized carbons (Fsp3) is 0.471. The van der Waals surface area contributed by atoms with E-state index in [-0.39, 0.29) is 0 Å². The minimum Gasteiger partial charge on any atom is -0.398 e. The number of pyridine rings is 1. The molecule has 1 aliphatic carbocycles. The molecule has 0 amide bonds. The molecular weight excluding hydrogens is 246 g/mol. The summed E-state index contributed by atoms with van der Waals surface area (Å²) >= 11 is 0. The highest BCUT2D eigenvalue weighted by Gasteiger charge is 2.20. The van der Waals surface area contributed by atoms with Gasteiger partial charge in [-0.1, -0.05) is 19.3 Å². The van der Waals surface area contributed by atoms with E-state index in [4.69, 9.17) is 5.73 Å². The molecule has 1 aromatic heterocycles. The van der Waals surface area contributed by atoms with Crippen molar-refractivity contribution in [3.8, 4) is 0 Å². The third-order valence-corrected chi connectivity index (χ3v) is 4.59. The van der Waals surface area contributed by atoms with Crippen molar-refractivity contribution >= 4 is 22.1 Å². The first-order valence-electron chi connectivity index (χ1n) is 7.64. The van der Waals surface area contributed by atoms with Crippen LogP contribution in [0.25, 0.3) is 10.8 Å². The van der Waals surface area contributed by atoms with Crippen molar-refractivity contribution in [1.82, 2.24) is 4.98 Å². The molecule has 0 spiro atoms. The molecule has 20 heavy (non-hydrogen) atoms. The summed E-state index contributed by atoms with van der Waals surface area (Å²) in [5, 5.41) is 5.90. The average molecular weight is 269 g/mol. The number of nitrogens with one attached hydrogen (secondary N) is 1. The summed E-state index contributed by atoms with van der Waals surface area (Å²) in [5.41, 5.74) is 8.00. The molecular formula is C17H23N3. The monoisotopic (exact) mass is 269 g/mol. The normalized spacial score (nSPS) is 18.1. The molecule has 1 fully saturated rings. The number of aromatic nitrogens is 1. The van der Waals surface area contributed by atoms with Gasteiger partial charge < -0.3 is 11.1 Å². The van der Waals surface area contributed by atoms with Gasteiger partial charge in [0.05, 0.1) is 0 Å². The highest BCUT2D eigenvalue weighted by molar-refractivity contribution is 6.00. The van der Waals surface area contributed by atoms with E-state index in [2.05, 4.69) is 23.3 Å². The molecule has 1 atom stereocenters. The van der Waals surface area contributed by atoms with Gasteiger partial charge in [-0.05, 0) is 43.9 Å². The Balaban J connectivity index is 1.85. The number of hydrogen-bond acceptors (Lipinski definition) is 3. The molecule has 1 aliphatic rings. The van der Waals surface area contributed by atoms with Crippen LogP contribution in [0.4, 0.5) is 11.4 Å². The fourth-order valence-corrected chi connectivity index (χ4v) is 3.34. The lowest BCUT2D eigenvalue weighted by Gasteiger charge is -2.29. The van der Waals surface area contributed by atoms with Gasteiger partial charge in [0.2, 0.25) is 0 Å². The van der Waals surface area contributed by atoms with Crippen molar-refractivity contribution in [3.63, 3.8) is 0 Å². The van der Waals surface area contributed by atoms with Crippen molar-refractivity contribution in [3.05, 3.63) is 30.6 Å². The minimum absolute atomic E-state index is 0.510. The van der Waals surface area contributed by atoms with Gasteiger partial charge in [-0.3, -0.25) is 4.98 Å². The maximum absolute atomic E-state index is 6.03. The number of benzene rings is 1. The third kappa shape index (κ3) is 2.58. The predicted octanol–water partition coefficient (Wildman–Crippen LogP) is 4.20. The molecule has 1 unspecified atom stereocenters. The molecule has 0 aliphatic heterocycles. The van der Waals surface area contributed by atoms with Crippen molar-refractivity contribution in [2.45, 2.75) is 45.1 Å². The second kappa shape index (κ2) is 5.70. The first-order valence-corrected chi connectivity index (χ1v) is 7.64. The van der Waals surface area contributed by atoms with E-state index in [1.54, 1.807) is 0 Å². The summed E-state index contributed by atoms with van der Waals surface area (Å²) < 4.78 is 0. The van der Waals surface area contributed by atoms with Crippen LogP contribution in [0.15, 0.2) is 30.6 Å². The van der Waals surface area contributed by atoms with Crippen LogP contribution < -0.4 is 11.1 Å². The van der Waals surface area contributed by atoms with E-state index < -0.39 is 0 Å². The Bertz CT molecular complexity index is 588. The molecule has 1 saturated carbocycles. The molecule has 106 valence electrons. The van der Waals surface area contributed by atoms with Crippen LogP contribution in [0.2, 0.25) is 0 Å². The van der Waals surface area contributed by atoms with Crippen LogP contribution in [0.5, 0.6) is 0 Å². The zero-order chi connectivity index (χ0) is 13.9. The predicted molar refractivity (Wildman–Crippen MR) is 85.8 cm³/mol. The number of fused-ring (bicyclic) bond motifs is 1. The Labute approximate surface area is 120 Å². The maximum atomic E-state index is 6.03. The van der Waals surface area contributed by atoms with E-state index in [9.17, 15) is 0 Å². The fourth-order valence-electron chi connectivity index (χ4n) is 3.34. The average Bonchev–Trinajstić information content (AvgIpc) is 2.51. The highest BCUT2D eigenvalue weighted by Crippen LogP contribution is 2.31. The van der Waals surface area contributed by atoms with E-state index >= 15 is 0 Å². The number of hydrogen-bond donors (Lipinski definition) is 2. The summed E-state index contributed by atoms with van der Waals surface area (Å²) in [5.74, 6) is 0.790. The lowest BCUT2D eigenvalue weighted by molar-refractivity contribution is 0.328. The van der Waals surface area contributed by atoms with Crippen LogP contribution in [-0.2, 0) is 0 Å². The van der Waals surface area contributed by atoms with Crippen LogP contribution in [0, 0.1) is 5.92 Å². The quantitative estimate of drug-likeness (QED) is 0.821. The molecule has 0 bridgehead atoms. The van der Waals surface area contributed by atoms with E-state index in [1.807, 2.05) is 24.5 Å². The van der Waals surface area contributed by atoms with Gasteiger partial charge in [0, 0.05) is 40.6 Å². The van der Waals surface area contributed by atoms with E-state index in [0.717, 1.165) is 17.0 Å². The second-order valence-corrected chi connectivity index (χ2v) is 5.95. The van der Waals surface area contributed by atoms with Gasteiger partial charge in [0.15, 0.2) is 0 Å². The first-order chi connectivity index (χ1) is 9.75. The summed E-state index contributed by atoms with van der Waals surface area (Å²) in [6, 6.07) is 6.62. The Hall–Kier alpha value is -1.77. The van der Waals surface area contributed by atoms with E-state index in [0.29, 0.717) is 6.04 Å². The number of rotatable bonds is 3. The smallest absolute Gasteiger partial charge is 0.0424 e. The second-order valence-electron chi connectivity index (χ2n) is 5.95. The van der Waals surface area contributed by atoms with Crippen molar-refractivity contribution in [1.29, 1.82) is 0 Å². The zero-order valence-electron chi connectivity index (χ0n) is 12.1. The van der Waals surface area contributed by atoms with Gasteiger partial charge in [0.1, 0.15) is 0 Å². The van der Waals surface area contributed by atoms with Gasteiger partial charge in [-0.15, -0.1) is 0 Å². The Morgan fingerprint density at radius 1 is 1.15 bits per heavy atom. The molecule has 0 saturated heterocycles. The van der Waals surface area contributed by atoms with E-state index in [1.165, 1.54) is 43.2 Å². The molecule has 0 radical (unpaired) electrons. The van der Waals surface area contributed by atoms with Crippen LogP contribution in [0.1, 0.15) is 39.0 Å². The number of nitrogens with two attached hydrogens (primary N) is 1. The number of nitrogen functional groups attached to an aromatic ring is 1. The molecule has 3 nitrogen and oxygen atoms in total. The number of anilines is 2. The summed E-state index contributed by atoms with van der Waals surface area (Å²) in [6.07, 6.45) is 10.5. The lowest BCUT2D eigenvalue weighted by atomic mass is 9.84. The zero-order valence-corrected chi connectivity index (χ0v) is 12.1. The molecule has 1 heterocycles. The minimum atomic E-state index is 0.510. The first kappa shape index (κ1) is 13.2. The Morgan fingerprint density at radius 2 is 1.95 bits per heavy atom. The van der Waals surface area contributed by atoms with Crippen LogP contribution in [-0.4, -0.2) is 11.0 Å². The van der Waals surface area contributed by atoms with Gasteiger partial charge in [0.25, 0.3) is 0 Å². The Kier molecular flexibility index (Phi) is 3.77. The van der Waals surface area contributed by atoms with Crippen molar-refractivity contribution < 1.29 is 0 Å². The highest BCUT2D eigenvalue weighted by atomic mass is 14.9. The van der Waals surface area contributed by atoms with Gasteiger partial charge >= 0.3 is 0 Å². The largest absolute Gasteiger partial charge is 0.398 e. The van der Waals surface area contributed by atoms with Crippen molar-refractivity contribution in [2.75, 3.05) is 11.1 Å². The molecule has 3 heteroatoms. The van der Waals surface area contributed by atoms with Gasteiger partial charge in [-0.2, -0.15) is 0 Å². The summed E-state index contributed by atoms with van der Waals surface area (Å²) in [7, 11) is 0. The maximum Gasteiger partial charge on any atom is 0.0424 e. The molecule has 3 N–H and O–H groups in total. The standard InChI is InChI=1S/C17H23N3/c1-12(13-5-3-2-4-6-13)20-17-8-7-16(18)15-11-19-10-9-14(15)17/h7-13,20H,2-6,18H2,1H3. The van der Waals surface area contributed by atoms with Gasteiger partial charge in [-0.25, -0.2) is 0 Å². The summed E-state index contributed by atoms with van der Waals surface area (Å²) in [4.78, 5) is 4.18. The number of nitrogens with zero attached hydrogens (tertiary/aromatic N) is 1. The van der Waals surface area contributed by atoms with Crippen LogP contribution in [0.3, 0.4) is 0 Å². The SMILES string of the molecule is CC(Nc1ccc(N)c2cnccc12)C1CCCCC1. The topological polar surface area (TPSA) is 50.9 Å². The lowest BCUT2D eigenvalue weighted by Crippen LogP contribution is -2.27.